The average molecular weight is 354 g/mol. The molecule has 0 aliphatic carbocycles. The summed E-state index contributed by atoms with van der Waals surface area (Å²) in [7, 11) is 0. The van der Waals surface area contributed by atoms with Gasteiger partial charge in [0.2, 0.25) is 5.91 Å². The van der Waals surface area contributed by atoms with Gasteiger partial charge in [0.1, 0.15) is 5.75 Å². The highest BCUT2D eigenvalue weighted by atomic mass is 16.5. The first kappa shape index (κ1) is 20.0. The lowest BCUT2D eigenvalue weighted by molar-refractivity contribution is -0.121. The van der Waals surface area contributed by atoms with E-state index in [1.807, 2.05) is 24.3 Å². The van der Waals surface area contributed by atoms with Crippen LogP contribution in [0.25, 0.3) is 0 Å². The first-order chi connectivity index (χ1) is 12.5. The Morgan fingerprint density at radius 3 is 2.35 bits per heavy atom. The van der Waals surface area contributed by atoms with Gasteiger partial charge in [-0.15, -0.1) is 0 Å². The summed E-state index contributed by atoms with van der Waals surface area (Å²) in [6.07, 6.45) is 3.20. The Balaban J connectivity index is 1.54. The van der Waals surface area contributed by atoms with E-state index in [2.05, 4.69) is 50.4 Å². The van der Waals surface area contributed by atoms with E-state index in [9.17, 15) is 4.79 Å². The van der Waals surface area contributed by atoms with Gasteiger partial charge in [-0.2, -0.15) is 0 Å². The number of carbonyl (C=O) groups is 1. The van der Waals surface area contributed by atoms with Crippen LogP contribution in [0, 0.1) is 6.92 Å². The van der Waals surface area contributed by atoms with Crippen molar-refractivity contribution in [3.8, 4) is 5.75 Å². The van der Waals surface area contributed by atoms with E-state index in [1.165, 1.54) is 16.7 Å². The van der Waals surface area contributed by atoms with Gasteiger partial charge in [-0.25, -0.2) is 0 Å². The average Bonchev–Trinajstić information content (AvgIpc) is 2.64. The van der Waals surface area contributed by atoms with Crippen LogP contribution in [0.15, 0.2) is 48.5 Å². The second kappa shape index (κ2) is 10.6. The van der Waals surface area contributed by atoms with Crippen molar-refractivity contribution in [2.24, 2.45) is 0 Å². The van der Waals surface area contributed by atoms with Gasteiger partial charge in [0.15, 0.2) is 0 Å². The maximum absolute atomic E-state index is 11.9. The van der Waals surface area contributed by atoms with Crippen molar-refractivity contribution in [1.29, 1.82) is 0 Å². The molecule has 0 bridgehead atoms. The molecule has 140 valence electrons. The van der Waals surface area contributed by atoms with Crippen LogP contribution in [0.5, 0.6) is 5.75 Å². The fraction of sp³-hybridized carbons (Fsp3) is 0.435. The Bertz CT molecular complexity index is 660. The highest BCUT2D eigenvalue weighted by Gasteiger charge is 2.02. The SMILES string of the molecule is Cc1ccc(OCCCC(=O)NCCCc2ccc(C(C)C)cc2)cc1. The van der Waals surface area contributed by atoms with Crippen LogP contribution in [-0.2, 0) is 11.2 Å². The van der Waals surface area contributed by atoms with Gasteiger partial charge in [-0.05, 0) is 55.4 Å². The topological polar surface area (TPSA) is 38.3 Å². The van der Waals surface area contributed by atoms with Crippen molar-refractivity contribution in [3.63, 3.8) is 0 Å². The molecular formula is C23H31NO2. The first-order valence-electron chi connectivity index (χ1n) is 9.59. The summed E-state index contributed by atoms with van der Waals surface area (Å²) in [5, 5.41) is 2.99. The minimum absolute atomic E-state index is 0.104. The zero-order valence-electron chi connectivity index (χ0n) is 16.3. The van der Waals surface area contributed by atoms with Crippen LogP contribution >= 0.6 is 0 Å². The summed E-state index contributed by atoms with van der Waals surface area (Å²) in [6, 6.07) is 16.8. The number of amides is 1. The molecule has 0 unspecified atom stereocenters. The Morgan fingerprint density at radius 2 is 1.69 bits per heavy atom. The van der Waals surface area contributed by atoms with Crippen molar-refractivity contribution < 1.29 is 9.53 Å². The van der Waals surface area contributed by atoms with Crippen molar-refractivity contribution in [1.82, 2.24) is 5.32 Å². The first-order valence-corrected chi connectivity index (χ1v) is 9.59. The molecule has 3 heteroatoms. The molecule has 3 nitrogen and oxygen atoms in total. The Morgan fingerprint density at radius 1 is 1.00 bits per heavy atom. The predicted octanol–water partition coefficient (Wildman–Crippen LogP) is 5.03. The predicted molar refractivity (Wildman–Crippen MR) is 108 cm³/mol. The fourth-order valence-electron chi connectivity index (χ4n) is 2.74. The minimum atomic E-state index is 0.104. The van der Waals surface area contributed by atoms with Gasteiger partial charge in [0.05, 0.1) is 6.61 Å². The maximum atomic E-state index is 11.9. The summed E-state index contributed by atoms with van der Waals surface area (Å²) in [5.74, 6) is 1.53. The van der Waals surface area contributed by atoms with Crippen LogP contribution in [0.4, 0.5) is 0 Å². The molecule has 0 heterocycles. The molecule has 0 aromatic heterocycles. The maximum Gasteiger partial charge on any atom is 0.220 e. The zero-order chi connectivity index (χ0) is 18.8. The van der Waals surface area contributed by atoms with Crippen LogP contribution in [0.3, 0.4) is 0 Å². The number of ether oxygens (including phenoxy) is 1. The van der Waals surface area contributed by atoms with E-state index in [-0.39, 0.29) is 5.91 Å². The fourth-order valence-corrected chi connectivity index (χ4v) is 2.74. The lowest BCUT2D eigenvalue weighted by Crippen LogP contribution is -2.24. The molecule has 26 heavy (non-hydrogen) atoms. The van der Waals surface area contributed by atoms with Gasteiger partial charge >= 0.3 is 0 Å². The van der Waals surface area contributed by atoms with E-state index in [0.717, 1.165) is 31.6 Å². The molecule has 0 fully saturated rings. The molecule has 2 rings (SSSR count). The van der Waals surface area contributed by atoms with E-state index >= 15 is 0 Å². The summed E-state index contributed by atoms with van der Waals surface area (Å²) in [6.45, 7) is 7.75. The molecule has 2 aromatic rings. The summed E-state index contributed by atoms with van der Waals surface area (Å²) < 4.78 is 5.64. The largest absolute Gasteiger partial charge is 0.494 e. The molecular weight excluding hydrogens is 322 g/mol. The standard InChI is InChI=1S/C23H31NO2/c1-18(2)21-12-10-20(11-13-21)6-4-16-24-23(25)7-5-17-26-22-14-8-19(3)9-15-22/h8-15,18H,4-7,16-17H2,1-3H3,(H,24,25). The number of rotatable bonds is 10. The lowest BCUT2D eigenvalue weighted by Gasteiger charge is -2.08. The molecule has 0 saturated heterocycles. The normalized spacial score (nSPS) is 10.8. The lowest BCUT2D eigenvalue weighted by atomic mass is 10.0. The second-order valence-electron chi connectivity index (χ2n) is 7.11. The molecule has 0 atom stereocenters. The van der Waals surface area contributed by atoms with Gasteiger partial charge in [-0.1, -0.05) is 55.8 Å². The molecule has 0 radical (unpaired) electrons. The molecule has 0 aliphatic rings. The quantitative estimate of drug-likeness (QED) is 0.609. The Labute approximate surface area is 157 Å². The van der Waals surface area contributed by atoms with Crippen LogP contribution < -0.4 is 10.1 Å². The van der Waals surface area contributed by atoms with E-state index < -0.39 is 0 Å². The third kappa shape index (κ3) is 7.30. The van der Waals surface area contributed by atoms with Gasteiger partial charge < -0.3 is 10.1 Å². The van der Waals surface area contributed by atoms with Crippen molar-refractivity contribution in [3.05, 3.63) is 65.2 Å². The number of hydrogen-bond acceptors (Lipinski definition) is 2. The van der Waals surface area contributed by atoms with Gasteiger partial charge in [0.25, 0.3) is 0 Å². The van der Waals surface area contributed by atoms with Gasteiger partial charge in [-0.3, -0.25) is 4.79 Å². The number of nitrogens with one attached hydrogen (secondary N) is 1. The summed E-state index contributed by atoms with van der Waals surface area (Å²) in [4.78, 5) is 11.9. The van der Waals surface area contributed by atoms with Crippen molar-refractivity contribution in [2.45, 2.75) is 52.4 Å². The van der Waals surface area contributed by atoms with Crippen LogP contribution in [-0.4, -0.2) is 19.1 Å². The van der Waals surface area contributed by atoms with E-state index in [1.54, 1.807) is 0 Å². The highest BCUT2D eigenvalue weighted by Crippen LogP contribution is 2.15. The minimum Gasteiger partial charge on any atom is -0.494 e. The second-order valence-corrected chi connectivity index (χ2v) is 7.11. The zero-order valence-corrected chi connectivity index (χ0v) is 16.3. The van der Waals surface area contributed by atoms with E-state index in [4.69, 9.17) is 4.74 Å². The third-order valence-electron chi connectivity index (χ3n) is 4.45. The van der Waals surface area contributed by atoms with Crippen molar-refractivity contribution >= 4 is 5.91 Å². The highest BCUT2D eigenvalue weighted by molar-refractivity contribution is 5.75. The van der Waals surface area contributed by atoms with Crippen LogP contribution in [0.1, 0.15) is 55.7 Å². The number of hydrogen-bond donors (Lipinski definition) is 1. The number of benzene rings is 2. The van der Waals surface area contributed by atoms with E-state index in [0.29, 0.717) is 18.9 Å². The molecule has 0 spiro atoms. The summed E-state index contributed by atoms with van der Waals surface area (Å²) >= 11 is 0. The molecule has 0 saturated carbocycles. The third-order valence-corrected chi connectivity index (χ3v) is 4.45. The van der Waals surface area contributed by atoms with Crippen molar-refractivity contribution in [2.75, 3.05) is 13.2 Å². The molecule has 2 aromatic carbocycles. The van der Waals surface area contributed by atoms with Crippen LogP contribution in [0.2, 0.25) is 0 Å². The smallest absolute Gasteiger partial charge is 0.220 e. The summed E-state index contributed by atoms with van der Waals surface area (Å²) in [5.41, 5.74) is 3.91. The Hall–Kier alpha value is -2.29. The molecule has 0 aliphatic heterocycles. The Kier molecular flexibility index (Phi) is 8.20. The van der Waals surface area contributed by atoms with Gasteiger partial charge in [0, 0.05) is 13.0 Å². The molecule has 1 amide bonds. The monoisotopic (exact) mass is 353 g/mol. The number of carbonyl (C=O) groups excluding carboxylic acids is 1. The molecule has 1 N–H and O–H groups in total. The number of aryl methyl sites for hydroxylation is 2.